The zero-order valence-electron chi connectivity index (χ0n) is 12.3. The summed E-state index contributed by atoms with van der Waals surface area (Å²) in [5.74, 6) is -0.395. The number of carbonyl (C=O) groups is 1. The molecule has 21 heavy (non-hydrogen) atoms. The summed E-state index contributed by atoms with van der Waals surface area (Å²) in [4.78, 5) is 12.0. The van der Waals surface area contributed by atoms with Crippen LogP contribution in [0.4, 0.5) is 0 Å². The molecule has 0 radical (unpaired) electrons. The molecule has 0 aliphatic carbocycles. The Morgan fingerprint density at radius 1 is 1.33 bits per heavy atom. The molecule has 0 bridgehead atoms. The van der Waals surface area contributed by atoms with Crippen LogP contribution in [0.25, 0.3) is 0 Å². The van der Waals surface area contributed by atoms with Crippen molar-refractivity contribution in [3.8, 4) is 0 Å². The Morgan fingerprint density at radius 3 is 2.33 bits per heavy atom. The molecule has 118 valence electrons. The van der Waals surface area contributed by atoms with Gasteiger partial charge in [0, 0.05) is 23.6 Å². The summed E-state index contributed by atoms with van der Waals surface area (Å²) in [7, 11) is -2.33. The molecule has 0 aromatic heterocycles. The molecule has 0 spiro atoms. The third-order valence-electron chi connectivity index (χ3n) is 2.88. The average molecular weight is 378 g/mol. The zero-order chi connectivity index (χ0) is 16.3. The molecule has 0 aliphatic rings. The van der Waals surface area contributed by atoms with Gasteiger partial charge in [-0.3, -0.25) is 4.79 Å². The molecule has 0 aliphatic heterocycles. The molecular formula is C13H20BrN3O3S. The molecule has 1 aromatic rings. The predicted molar refractivity (Wildman–Crippen MR) is 85.2 cm³/mol. The SMILES string of the molecule is CN(CC(=O)NC(C)(C)CN)S(=O)(=O)c1ccc(Br)cc1. The Hall–Kier alpha value is -0.960. The first-order valence-electron chi connectivity index (χ1n) is 6.31. The maximum absolute atomic E-state index is 12.3. The summed E-state index contributed by atoms with van der Waals surface area (Å²) in [6.45, 7) is 3.55. The summed E-state index contributed by atoms with van der Waals surface area (Å²) in [6.07, 6.45) is 0. The maximum Gasteiger partial charge on any atom is 0.243 e. The van der Waals surface area contributed by atoms with Gasteiger partial charge in [0.15, 0.2) is 0 Å². The van der Waals surface area contributed by atoms with Crippen LogP contribution in [0.3, 0.4) is 0 Å². The summed E-state index contributed by atoms with van der Waals surface area (Å²) >= 11 is 3.25. The van der Waals surface area contributed by atoms with Gasteiger partial charge in [0.25, 0.3) is 0 Å². The van der Waals surface area contributed by atoms with Gasteiger partial charge in [-0.25, -0.2) is 8.42 Å². The number of rotatable bonds is 6. The lowest BCUT2D eigenvalue weighted by molar-refractivity contribution is -0.122. The van der Waals surface area contributed by atoms with Crippen LogP contribution in [-0.4, -0.2) is 44.3 Å². The van der Waals surface area contributed by atoms with Crippen molar-refractivity contribution in [2.24, 2.45) is 5.73 Å². The molecule has 0 atom stereocenters. The minimum Gasteiger partial charge on any atom is -0.349 e. The number of likely N-dealkylation sites (N-methyl/N-ethyl adjacent to an activating group) is 1. The molecule has 0 unspecified atom stereocenters. The lowest BCUT2D eigenvalue weighted by Crippen LogP contribution is -2.51. The van der Waals surface area contributed by atoms with Gasteiger partial charge >= 0.3 is 0 Å². The molecular weight excluding hydrogens is 358 g/mol. The van der Waals surface area contributed by atoms with E-state index in [0.29, 0.717) is 0 Å². The van der Waals surface area contributed by atoms with Crippen LogP contribution < -0.4 is 11.1 Å². The second-order valence-electron chi connectivity index (χ2n) is 5.35. The molecule has 1 rings (SSSR count). The van der Waals surface area contributed by atoms with E-state index in [1.54, 1.807) is 26.0 Å². The Labute approximate surface area is 133 Å². The van der Waals surface area contributed by atoms with Crippen LogP contribution in [0.2, 0.25) is 0 Å². The molecule has 8 heteroatoms. The van der Waals surface area contributed by atoms with E-state index in [1.165, 1.54) is 19.2 Å². The molecule has 1 amide bonds. The van der Waals surface area contributed by atoms with E-state index in [1.807, 2.05) is 0 Å². The standard InChI is InChI=1S/C13H20BrN3O3S/c1-13(2,9-15)16-12(18)8-17(3)21(19,20)11-6-4-10(14)5-7-11/h4-7H,8-9,15H2,1-3H3,(H,16,18). The van der Waals surface area contributed by atoms with Crippen molar-refractivity contribution in [3.05, 3.63) is 28.7 Å². The van der Waals surface area contributed by atoms with Crippen molar-refractivity contribution in [2.75, 3.05) is 20.1 Å². The summed E-state index contributed by atoms with van der Waals surface area (Å²) in [5, 5.41) is 2.69. The lowest BCUT2D eigenvalue weighted by atomic mass is 10.1. The minimum atomic E-state index is -3.69. The predicted octanol–water partition coefficient (Wildman–Crippen LogP) is 0.923. The van der Waals surface area contributed by atoms with Crippen molar-refractivity contribution in [2.45, 2.75) is 24.3 Å². The van der Waals surface area contributed by atoms with Gasteiger partial charge in [0.1, 0.15) is 0 Å². The van der Waals surface area contributed by atoms with Gasteiger partial charge in [-0.1, -0.05) is 15.9 Å². The number of halogens is 1. The highest BCUT2D eigenvalue weighted by Gasteiger charge is 2.25. The van der Waals surface area contributed by atoms with E-state index in [9.17, 15) is 13.2 Å². The van der Waals surface area contributed by atoms with Crippen LogP contribution >= 0.6 is 15.9 Å². The van der Waals surface area contributed by atoms with E-state index in [4.69, 9.17) is 5.73 Å². The molecule has 0 fully saturated rings. The first-order chi connectivity index (χ1) is 9.58. The summed E-state index contributed by atoms with van der Waals surface area (Å²) < 4.78 is 26.4. The van der Waals surface area contributed by atoms with E-state index in [-0.39, 0.29) is 18.0 Å². The number of nitrogens with two attached hydrogens (primary N) is 1. The Bertz CT molecular complexity index is 600. The summed E-state index contributed by atoms with van der Waals surface area (Å²) in [5.41, 5.74) is 4.96. The number of carbonyl (C=O) groups excluding carboxylic acids is 1. The number of amides is 1. The molecule has 0 saturated carbocycles. The van der Waals surface area contributed by atoms with Crippen molar-refractivity contribution < 1.29 is 13.2 Å². The normalized spacial score (nSPS) is 12.5. The van der Waals surface area contributed by atoms with E-state index in [0.717, 1.165) is 8.78 Å². The van der Waals surface area contributed by atoms with Gasteiger partial charge in [-0.05, 0) is 38.1 Å². The van der Waals surface area contributed by atoms with Gasteiger partial charge < -0.3 is 11.1 Å². The summed E-state index contributed by atoms with van der Waals surface area (Å²) in [6, 6.07) is 6.24. The first-order valence-corrected chi connectivity index (χ1v) is 8.55. The number of benzene rings is 1. The number of nitrogens with zero attached hydrogens (tertiary/aromatic N) is 1. The van der Waals surface area contributed by atoms with Crippen LogP contribution in [-0.2, 0) is 14.8 Å². The van der Waals surface area contributed by atoms with Gasteiger partial charge in [-0.15, -0.1) is 0 Å². The fourth-order valence-corrected chi connectivity index (χ4v) is 2.93. The Kier molecular flexibility index (Phi) is 5.92. The minimum absolute atomic E-state index is 0.138. The highest BCUT2D eigenvalue weighted by atomic mass is 79.9. The second kappa shape index (κ2) is 6.87. The maximum atomic E-state index is 12.3. The lowest BCUT2D eigenvalue weighted by Gasteiger charge is -2.25. The van der Waals surface area contributed by atoms with Crippen LogP contribution in [0.1, 0.15) is 13.8 Å². The molecule has 3 N–H and O–H groups in total. The van der Waals surface area contributed by atoms with Gasteiger partial charge in [0.05, 0.1) is 11.4 Å². The smallest absolute Gasteiger partial charge is 0.243 e. The molecule has 6 nitrogen and oxygen atoms in total. The largest absolute Gasteiger partial charge is 0.349 e. The number of nitrogens with one attached hydrogen (secondary N) is 1. The first kappa shape index (κ1) is 18.1. The van der Waals surface area contributed by atoms with Crippen LogP contribution in [0.15, 0.2) is 33.6 Å². The quantitative estimate of drug-likeness (QED) is 0.770. The van der Waals surface area contributed by atoms with E-state index in [2.05, 4.69) is 21.2 Å². The molecule has 1 aromatic carbocycles. The Morgan fingerprint density at radius 2 is 1.86 bits per heavy atom. The van der Waals surface area contributed by atoms with Crippen LogP contribution in [0.5, 0.6) is 0 Å². The second-order valence-corrected chi connectivity index (χ2v) is 8.31. The van der Waals surface area contributed by atoms with Gasteiger partial charge in [0.2, 0.25) is 15.9 Å². The monoisotopic (exact) mass is 377 g/mol. The van der Waals surface area contributed by atoms with E-state index >= 15 is 0 Å². The highest BCUT2D eigenvalue weighted by molar-refractivity contribution is 9.10. The molecule has 0 saturated heterocycles. The van der Waals surface area contributed by atoms with Crippen LogP contribution in [0, 0.1) is 0 Å². The van der Waals surface area contributed by atoms with Crippen molar-refractivity contribution >= 4 is 31.9 Å². The van der Waals surface area contributed by atoms with Crippen molar-refractivity contribution in [1.82, 2.24) is 9.62 Å². The average Bonchev–Trinajstić information content (AvgIpc) is 2.38. The fourth-order valence-electron chi connectivity index (χ4n) is 1.54. The Balaban J connectivity index is 2.81. The topological polar surface area (TPSA) is 92.5 Å². The zero-order valence-corrected chi connectivity index (χ0v) is 14.7. The van der Waals surface area contributed by atoms with Crippen molar-refractivity contribution in [3.63, 3.8) is 0 Å². The van der Waals surface area contributed by atoms with Crippen molar-refractivity contribution in [1.29, 1.82) is 0 Å². The number of sulfonamides is 1. The van der Waals surface area contributed by atoms with Gasteiger partial charge in [-0.2, -0.15) is 4.31 Å². The number of hydrogen-bond acceptors (Lipinski definition) is 4. The number of hydrogen-bond donors (Lipinski definition) is 2. The fraction of sp³-hybridized carbons (Fsp3) is 0.462. The van der Waals surface area contributed by atoms with E-state index < -0.39 is 21.5 Å². The molecule has 0 heterocycles. The third-order valence-corrected chi connectivity index (χ3v) is 5.22. The highest BCUT2D eigenvalue weighted by Crippen LogP contribution is 2.17. The third kappa shape index (κ3) is 5.06.